The molecule has 2 N–H and O–H groups in total. The number of benzene rings is 2. The smallest absolute Gasteiger partial charge is 0.269 e. The molecule has 2 aromatic carbocycles. The Labute approximate surface area is 166 Å². The highest BCUT2D eigenvalue weighted by Gasteiger charge is 2.33. The van der Waals surface area contributed by atoms with Gasteiger partial charge >= 0.3 is 0 Å². The molecule has 1 aliphatic heterocycles. The van der Waals surface area contributed by atoms with E-state index in [0.717, 1.165) is 5.56 Å². The second-order valence-electron chi connectivity index (χ2n) is 6.71. The number of amides is 1. The summed E-state index contributed by atoms with van der Waals surface area (Å²) in [7, 11) is 0. The standard InChI is InChI=1S/C20H18N6O3/c1-12-5-3-4-6-16(12)24-19(27)17-13(2)23-20-21-11-22-25(20)18(17)14-7-9-15(10-8-14)26(28)29/h3-11,18H,1-2H3,(H,24,27)(H,21,22,23)/t18-/m1/s1. The molecule has 0 bridgehead atoms. The molecular formula is C20H18N6O3. The summed E-state index contributed by atoms with van der Waals surface area (Å²) in [4.78, 5) is 28.0. The number of allylic oxidation sites excluding steroid dienone is 1. The fourth-order valence-corrected chi connectivity index (χ4v) is 3.37. The normalized spacial score (nSPS) is 15.4. The van der Waals surface area contributed by atoms with E-state index in [1.54, 1.807) is 23.7 Å². The lowest BCUT2D eigenvalue weighted by Gasteiger charge is -2.28. The minimum absolute atomic E-state index is 0.0203. The molecule has 146 valence electrons. The van der Waals surface area contributed by atoms with Crippen LogP contribution in [-0.2, 0) is 4.79 Å². The summed E-state index contributed by atoms with van der Waals surface area (Å²) in [5, 5.41) is 21.3. The number of non-ortho nitro benzene ring substituents is 1. The van der Waals surface area contributed by atoms with Gasteiger partial charge in [-0.2, -0.15) is 10.1 Å². The highest BCUT2D eigenvalue weighted by Crippen LogP contribution is 2.35. The molecule has 1 atom stereocenters. The van der Waals surface area contributed by atoms with Gasteiger partial charge in [0.1, 0.15) is 12.4 Å². The summed E-state index contributed by atoms with van der Waals surface area (Å²) in [6.45, 7) is 3.71. The van der Waals surface area contributed by atoms with E-state index >= 15 is 0 Å². The lowest BCUT2D eigenvalue weighted by atomic mass is 9.94. The van der Waals surface area contributed by atoms with Crippen LogP contribution in [0, 0.1) is 17.0 Å². The Bertz CT molecular complexity index is 1130. The minimum Gasteiger partial charge on any atom is -0.328 e. The molecule has 0 aliphatic carbocycles. The number of nitrogens with one attached hydrogen (secondary N) is 2. The Morgan fingerprint density at radius 2 is 1.90 bits per heavy atom. The van der Waals surface area contributed by atoms with E-state index in [-0.39, 0.29) is 11.6 Å². The maximum absolute atomic E-state index is 13.2. The molecule has 0 spiro atoms. The molecular weight excluding hydrogens is 372 g/mol. The van der Waals surface area contributed by atoms with Crippen LogP contribution in [0.1, 0.15) is 24.1 Å². The second kappa shape index (κ2) is 7.19. The van der Waals surface area contributed by atoms with Crippen molar-refractivity contribution in [3.63, 3.8) is 0 Å². The predicted octanol–water partition coefficient (Wildman–Crippen LogP) is 3.42. The third-order valence-corrected chi connectivity index (χ3v) is 4.85. The fraction of sp³-hybridized carbons (Fsp3) is 0.150. The number of nitro benzene ring substituents is 1. The molecule has 2 heterocycles. The molecule has 0 saturated carbocycles. The molecule has 3 aromatic rings. The average molecular weight is 390 g/mol. The van der Waals surface area contributed by atoms with Gasteiger partial charge in [-0.25, -0.2) is 4.68 Å². The van der Waals surface area contributed by atoms with E-state index in [2.05, 4.69) is 20.7 Å². The Kier molecular flexibility index (Phi) is 4.55. The number of hydrogen-bond donors (Lipinski definition) is 2. The molecule has 1 amide bonds. The molecule has 0 radical (unpaired) electrons. The van der Waals surface area contributed by atoms with Crippen molar-refractivity contribution in [2.24, 2.45) is 0 Å². The van der Waals surface area contributed by atoms with Crippen molar-refractivity contribution >= 4 is 23.2 Å². The maximum atomic E-state index is 13.2. The van der Waals surface area contributed by atoms with Gasteiger partial charge < -0.3 is 10.6 Å². The number of aromatic nitrogens is 3. The Morgan fingerprint density at radius 1 is 1.17 bits per heavy atom. The third kappa shape index (κ3) is 3.33. The van der Waals surface area contributed by atoms with Crippen molar-refractivity contribution in [1.82, 2.24) is 14.8 Å². The molecule has 0 saturated heterocycles. The van der Waals surface area contributed by atoms with Gasteiger partial charge in [-0.15, -0.1) is 0 Å². The number of para-hydroxylation sites is 1. The number of rotatable bonds is 4. The van der Waals surface area contributed by atoms with Crippen LogP contribution in [0.2, 0.25) is 0 Å². The summed E-state index contributed by atoms with van der Waals surface area (Å²) in [5.41, 5.74) is 3.42. The van der Waals surface area contributed by atoms with Crippen LogP contribution in [0.4, 0.5) is 17.3 Å². The monoisotopic (exact) mass is 390 g/mol. The van der Waals surface area contributed by atoms with Crippen molar-refractivity contribution < 1.29 is 9.72 Å². The van der Waals surface area contributed by atoms with Crippen LogP contribution in [0.3, 0.4) is 0 Å². The molecule has 4 rings (SSSR count). The maximum Gasteiger partial charge on any atom is 0.269 e. The lowest BCUT2D eigenvalue weighted by Crippen LogP contribution is -2.31. The van der Waals surface area contributed by atoms with E-state index in [4.69, 9.17) is 0 Å². The first kappa shape index (κ1) is 18.4. The number of nitro groups is 1. The van der Waals surface area contributed by atoms with Crippen LogP contribution in [0.15, 0.2) is 66.1 Å². The van der Waals surface area contributed by atoms with Gasteiger partial charge in [0.05, 0.1) is 10.5 Å². The van der Waals surface area contributed by atoms with Gasteiger partial charge in [0.15, 0.2) is 0 Å². The van der Waals surface area contributed by atoms with Crippen LogP contribution < -0.4 is 10.6 Å². The molecule has 9 heteroatoms. The fourth-order valence-electron chi connectivity index (χ4n) is 3.37. The van der Waals surface area contributed by atoms with Crippen molar-refractivity contribution in [1.29, 1.82) is 0 Å². The zero-order valence-electron chi connectivity index (χ0n) is 15.8. The SMILES string of the molecule is CC1=C(C(=O)Nc2ccccc2C)[C@@H](c2ccc([N+](=O)[O-])cc2)n2ncnc2N1. The molecule has 0 fully saturated rings. The number of carbonyl (C=O) groups is 1. The molecule has 1 aromatic heterocycles. The highest BCUT2D eigenvalue weighted by atomic mass is 16.6. The number of fused-ring (bicyclic) bond motifs is 1. The lowest BCUT2D eigenvalue weighted by molar-refractivity contribution is -0.384. The Hall–Kier alpha value is -4.01. The van der Waals surface area contributed by atoms with Gasteiger partial charge in [0.2, 0.25) is 5.95 Å². The topological polar surface area (TPSA) is 115 Å². The summed E-state index contributed by atoms with van der Waals surface area (Å²) in [6.07, 6.45) is 1.40. The molecule has 0 unspecified atom stereocenters. The first-order chi connectivity index (χ1) is 14.0. The van der Waals surface area contributed by atoms with E-state index in [9.17, 15) is 14.9 Å². The molecule has 29 heavy (non-hydrogen) atoms. The molecule has 9 nitrogen and oxygen atoms in total. The summed E-state index contributed by atoms with van der Waals surface area (Å²) in [6, 6.07) is 13.0. The van der Waals surface area contributed by atoms with Crippen molar-refractivity contribution in [2.75, 3.05) is 10.6 Å². The van der Waals surface area contributed by atoms with Crippen molar-refractivity contribution in [3.05, 3.63) is 87.4 Å². The zero-order valence-corrected chi connectivity index (χ0v) is 15.8. The van der Waals surface area contributed by atoms with Crippen LogP contribution in [0.5, 0.6) is 0 Å². The van der Waals surface area contributed by atoms with Gasteiger partial charge in [0.25, 0.3) is 11.6 Å². The minimum atomic E-state index is -0.571. The summed E-state index contributed by atoms with van der Waals surface area (Å²) in [5.74, 6) is 0.215. The summed E-state index contributed by atoms with van der Waals surface area (Å²) >= 11 is 0. The number of aryl methyl sites for hydroxylation is 1. The van der Waals surface area contributed by atoms with Gasteiger partial charge in [0, 0.05) is 23.5 Å². The highest BCUT2D eigenvalue weighted by molar-refractivity contribution is 6.06. The van der Waals surface area contributed by atoms with Gasteiger partial charge in [-0.1, -0.05) is 18.2 Å². The number of anilines is 2. The van der Waals surface area contributed by atoms with Crippen LogP contribution >= 0.6 is 0 Å². The largest absolute Gasteiger partial charge is 0.328 e. The predicted molar refractivity (Wildman–Crippen MR) is 107 cm³/mol. The first-order valence-electron chi connectivity index (χ1n) is 8.94. The second-order valence-corrected chi connectivity index (χ2v) is 6.71. The van der Waals surface area contributed by atoms with Gasteiger partial charge in [-0.3, -0.25) is 14.9 Å². The van der Waals surface area contributed by atoms with Crippen LogP contribution in [-0.4, -0.2) is 25.6 Å². The zero-order chi connectivity index (χ0) is 20.5. The summed E-state index contributed by atoms with van der Waals surface area (Å²) < 4.78 is 1.60. The molecule has 1 aliphatic rings. The van der Waals surface area contributed by atoms with E-state index < -0.39 is 11.0 Å². The third-order valence-electron chi connectivity index (χ3n) is 4.85. The van der Waals surface area contributed by atoms with Gasteiger partial charge in [-0.05, 0) is 43.2 Å². The Morgan fingerprint density at radius 3 is 2.59 bits per heavy atom. The average Bonchev–Trinajstić information content (AvgIpc) is 3.16. The van der Waals surface area contributed by atoms with Crippen molar-refractivity contribution in [2.45, 2.75) is 19.9 Å². The van der Waals surface area contributed by atoms with Crippen molar-refractivity contribution in [3.8, 4) is 0 Å². The number of carbonyl (C=O) groups excluding carboxylic acids is 1. The number of nitrogens with zero attached hydrogens (tertiary/aromatic N) is 4. The Balaban J connectivity index is 1.76. The number of hydrogen-bond acceptors (Lipinski definition) is 6. The van der Waals surface area contributed by atoms with E-state index in [1.807, 2.05) is 31.2 Å². The van der Waals surface area contributed by atoms with E-state index in [0.29, 0.717) is 28.5 Å². The van der Waals surface area contributed by atoms with Crippen LogP contribution in [0.25, 0.3) is 0 Å². The van der Waals surface area contributed by atoms with E-state index in [1.165, 1.54) is 18.5 Å². The first-order valence-corrected chi connectivity index (χ1v) is 8.94. The quantitative estimate of drug-likeness (QED) is 0.521.